The summed E-state index contributed by atoms with van der Waals surface area (Å²) < 4.78 is 0. The molecular formula is C13H11N5. The van der Waals surface area contributed by atoms with Crippen LogP contribution in [0.25, 0.3) is 0 Å². The average molecular weight is 237 g/mol. The van der Waals surface area contributed by atoms with Crippen LogP contribution in [0, 0.1) is 0 Å². The van der Waals surface area contributed by atoms with Crippen molar-refractivity contribution in [2.45, 2.75) is 12.6 Å². The Kier molecular flexibility index (Phi) is 2.87. The molecule has 0 amide bonds. The molecule has 0 spiro atoms. The molecule has 5 nitrogen and oxygen atoms in total. The van der Waals surface area contributed by atoms with Crippen molar-refractivity contribution in [2.75, 3.05) is 0 Å². The summed E-state index contributed by atoms with van der Waals surface area (Å²) in [6, 6.07) is 9.80. The third-order valence-electron chi connectivity index (χ3n) is 2.64. The zero-order valence-electron chi connectivity index (χ0n) is 9.64. The normalized spacial score (nSPS) is 23.0. The molecule has 0 saturated carbocycles. The van der Waals surface area contributed by atoms with E-state index in [4.69, 9.17) is 0 Å². The van der Waals surface area contributed by atoms with Crippen LogP contribution in [-0.2, 0) is 6.54 Å². The SMILES string of the molecule is C1=NC2=NC=NC(=NCc3ccccc3)C2N=C1. The van der Waals surface area contributed by atoms with Gasteiger partial charge in [-0.15, -0.1) is 0 Å². The minimum absolute atomic E-state index is 0.247. The van der Waals surface area contributed by atoms with E-state index in [2.05, 4.69) is 25.0 Å². The highest BCUT2D eigenvalue weighted by Crippen LogP contribution is 2.10. The third kappa shape index (κ3) is 2.15. The minimum Gasteiger partial charge on any atom is -0.272 e. The Hall–Kier alpha value is -2.43. The standard InChI is InChI=1S/C13H11N5/c1-2-4-10(5-3-1)8-16-13-11-12(17-9-18-13)15-7-6-14-11/h1-7,9,11H,8H2. The monoisotopic (exact) mass is 237 g/mol. The molecule has 0 aliphatic carbocycles. The zero-order valence-corrected chi connectivity index (χ0v) is 9.64. The van der Waals surface area contributed by atoms with Gasteiger partial charge in [0.2, 0.25) is 0 Å². The van der Waals surface area contributed by atoms with E-state index in [0.717, 1.165) is 5.56 Å². The predicted octanol–water partition coefficient (Wildman–Crippen LogP) is 1.55. The maximum Gasteiger partial charge on any atom is 0.169 e. The second kappa shape index (κ2) is 4.83. The van der Waals surface area contributed by atoms with Crippen LogP contribution in [0.2, 0.25) is 0 Å². The van der Waals surface area contributed by atoms with Crippen molar-refractivity contribution in [1.29, 1.82) is 0 Å². The van der Waals surface area contributed by atoms with Crippen molar-refractivity contribution in [3.05, 3.63) is 35.9 Å². The Labute approximate surface area is 104 Å². The number of fused-ring (bicyclic) bond motifs is 1. The molecule has 5 heteroatoms. The summed E-state index contributed by atoms with van der Waals surface area (Å²) in [6.45, 7) is 0.594. The van der Waals surface area contributed by atoms with Gasteiger partial charge in [0.25, 0.3) is 0 Å². The first kappa shape index (κ1) is 10.7. The Morgan fingerprint density at radius 2 is 1.94 bits per heavy atom. The molecule has 0 aromatic heterocycles. The van der Waals surface area contributed by atoms with E-state index in [-0.39, 0.29) is 6.04 Å². The summed E-state index contributed by atoms with van der Waals surface area (Å²) >= 11 is 0. The summed E-state index contributed by atoms with van der Waals surface area (Å²) in [5.74, 6) is 1.32. The molecule has 1 unspecified atom stereocenters. The van der Waals surface area contributed by atoms with E-state index in [1.807, 2.05) is 30.3 Å². The molecule has 18 heavy (non-hydrogen) atoms. The third-order valence-corrected chi connectivity index (χ3v) is 2.64. The van der Waals surface area contributed by atoms with Crippen LogP contribution >= 0.6 is 0 Å². The highest BCUT2D eigenvalue weighted by molar-refractivity contribution is 6.28. The van der Waals surface area contributed by atoms with Crippen molar-refractivity contribution in [2.24, 2.45) is 25.0 Å². The smallest absolute Gasteiger partial charge is 0.169 e. The van der Waals surface area contributed by atoms with Gasteiger partial charge in [0.15, 0.2) is 17.7 Å². The Balaban J connectivity index is 1.81. The lowest BCUT2D eigenvalue weighted by molar-refractivity contribution is 1.00. The first-order valence-corrected chi connectivity index (χ1v) is 5.68. The van der Waals surface area contributed by atoms with Gasteiger partial charge in [-0.05, 0) is 5.56 Å². The second-order valence-corrected chi connectivity index (χ2v) is 3.87. The van der Waals surface area contributed by atoms with Crippen LogP contribution in [0.1, 0.15) is 5.56 Å². The molecule has 2 aliphatic rings. The summed E-state index contributed by atoms with van der Waals surface area (Å²) in [5, 5.41) is 0. The van der Waals surface area contributed by atoms with Crippen LogP contribution < -0.4 is 0 Å². The molecule has 1 aromatic carbocycles. The molecule has 0 fully saturated rings. The van der Waals surface area contributed by atoms with Crippen molar-refractivity contribution in [3.8, 4) is 0 Å². The number of hydrogen-bond donors (Lipinski definition) is 0. The van der Waals surface area contributed by atoms with Crippen LogP contribution in [0.15, 0.2) is 55.3 Å². The van der Waals surface area contributed by atoms with Crippen molar-refractivity contribution in [3.63, 3.8) is 0 Å². The van der Waals surface area contributed by atoms with Gasteiger partial charge < -0.3 is 0 Å². The van der Waals surface area contributed by atoms with Gasteiger partial charge in [0, 0.05) is 12.4 Å². The molecule has 88 valence electrons. The molecule has 0 radical (unpaired) electrons. The highest BCUT2D eigenvalue weighted by atomic mass is 15.1. The summed E-state index contributed by atoms with van der Waals surface area (Å²) in [6.07, 6.45) is 4.76. The van der Waals surface area contributed by atoms with E-state index >= 15 is 0 Å². The molecule has 3 rings (SSSR count). The zero-order chi connectivity index (χ0) is 12.2. The van der Waals surface area contributed by atoms with Crippen molar-refractivity contribution < 1.29 is 0 Å². The lowest BCUT2D eigenvalue weighted by atomic mass is 10.2. The topological polar surface area (TPSA) is 61.8 Å². The molecule has 1 atom stereocenters. The van der Waals surface area contributed by atoms with Gasteiger partial charge in [-0.25, -0.2) is 15.0 Å². The van der Waals surface area contributed by atoms with Crippen LogP contribution in [0.3, 0.4) is 0 Å². The summed E-state index contributed by atoms with van der Waals surface area (Å²) in [5.41, 5.74) is 1.15. The average Bonchev–Trinajstić information content (AvgIpc) is 2.46. The van der Waals surface area contributed by atoms with E-state index in [9.17, 15) is 0 Å². The van der Waals surface area contributed by atoms with Crippen LogP contribution in [0.4, 0.5) is 0 Å². The van der Waals surface area contributed by atoms with Crippen molar-refractivity contribution in [1.82, 2.24) is 0 Å². The van der Waals surface area contributed by atoms with Crippen LogP contribution in [0.5, 0.6) is 0 Å². The van der Waals surface area contributed by atoms with E-state index in [1.54, 1.807) is 12.4 Å². The fourth-order valence-corrected chi connectivity index (χ4v) is 1.76. The highest BCUT2D eigenvalue weighted by Gasteiger charge is 2.23. The second-order valence-electron chi connectivity index (χ2n) is 3.87. The maximum atomic E-state index is 4.49. The maximum absolute atomic E-state index is 4.49. The molecule has 0 N–H and O–H groups in total. The number of amidine groups is 2. The number of aliphatic imine (C=N–C) groups is 5. The van der Waals surface area contributed by atoms with E-state index in [0.29, 0.717) is 18.2 Å². The van der Waals surface area contributed by atoms with Gasteiger partial charge >= 0.3 is 0 Å². The fraction of sp³-hybridized carbons (Fsp3) is 0.154. The lowest BCUT2D eigenvalue weighted by Crippen LogP contribution is -2.31. The number of nitrogens with zero attached hydrogens (tertiary/aromatic N) is 5. The quantitative estimate of drug-likeness (QED) is 0.749. The molecular weight excluding hydrogens is 226 g/mol. The number of hydrogen-bond acceptors (Lipinski definition) is 4. The predicted molar refractivity (Wildman–Crippen MR) is 74.3 cm³/mol. The molecule has 0 bridgehead atoms. The van der Waals surface area contributed by atoms with Gasteiger partial charge in [-0.3, -0.25) is 9.98 Å². The molecule has 0 saturated heterocycles. The fourth-order valence-electron chi connectivity index (χ4n) is 1.76. The van der Waals surface area contributed by atoms with Crippen molar-refractivity contribution >= 4 is 30.4 Å². The Morgan fingerprint density at radius 3 is 2.83 bits per heavy atom. The molecule has 2 aliphatic heterocycles. The number of rotatable bonds is 2. The molecule has 1 aromatic rings. The van der Waals surface area contributed by atoms with Gasteiger partial charge in [-0.1, -0.05) is 30.3 Å². The van der Waals surface area contributed by atoms with Gasteiger partial charge in [-0.2, -0.15) is 0 Å². The van der Waals surface area contributed by atoms with Crippen LogP contribution in [-0.4, -0.2) is 36.5 Å². The first-order chi connectivity index (χ1) is 8.93. The minimum atomic E-state index is -0.247. The van der Waals surface area contributed by atoms with E-state index < -0.39 is 0 Å². The summed E-state index contributed by atoms with van der Waals surface area (Å²) in [4.78, 5) is 21.2. The Morgan fingerprint density at radius 1 is 1.06 bits per heavy atom. The van der Waals surface area contributed by atoms with E-state index in [1.165, 1.54) is 6.34 Å². The number of benzene rings is 1. The first-order valence-electron chi connectivity index (χ1n) is 5.68. The molecule has 2 heterocycles. The van der Waals surface area contributed by atoms with Gasteiger partial charge in [0.05, 0.1) is 6.54 Å². The lowest BCUT2D eigenvalue weighted by Gasteiger charge is -2.16. The largest absolute Gasteiger partial charge is 0.272 e. The summed E-state index contributed by atoms with van der Waals surface area (Å²) in [7, 11) is 0. The Bertz CT molecular complexity index is 581. The van der Waals surface area contributed by atoms with Gasteiger partial charge in [0.1, 0.15) is 6.34 Å².